The van der Waals surface area contributed by atoms with Crippen molar-refractivity contribution in [3.8, 4) is 0 Å². The summed E-state index contributed by atoms with van der Waals surface area (Å²) in [4.78, 5) is 9.02. The fourth-order valence-electron chi connectivity index (χ4n) is 2.22. The van der Waals surface area contributed by atoms with E-state index in [1.54, 1.807) is 0 Å². The van der Waals surface area contributed by atoms with Gasteiger partial charge in [0, 0.05) is 24.7 Å². The second-order valence-electron chi connectivity index (χ2n) is 4.87. The van der Waals surface area contributed by atoms with Crippen LogP contribution in [0.4, 0.5) is 0 Å². The predicted octanol–water partition coefficient (Wildman–Crippen LogP) is 3.23. The van der Waals surface area contributed by atoms with Crippen molar-refractivity contribution in [3.63, 3.8) is 0 Å². The fourth-order valence-corrected chi connectivity index (χ4v) is 2.22. The third-order valence-corrected chi connectivity index (χ3v) is 3.37. The van der Waals surface area contributed by atoms with Gasteiger partial charge in [-0.1, -0.05) is 30.3 Å². The zero-order valence-electron chi connectivity index (χ0n) is 11.5. The lowest BCUT2D eigenvalue weighted by Crippen LogP contribution is -2.15. The molecule has 0 amide bonds. The van der Waals surface area contributed by atoms with Crippen molar-refractivity contribution in [2.45, 2.75) is 20.0 Å². The van der Waals surface area contributed by atoms with Crippen molar-refractivity contribution in [2.75, 3.05) is 0 Å². The minimum absolute atomic E-state index is 0.751. The Kier molecular flexibility index (Phi) is 3.70. The number of aromatic nitrogens is 2. The Hall–Kier alpha value is -2.26. The molecule has 0 atom stereocenters. The monoisotopic (exact) mass is 263 g/mol. The Labute approximate surface area is 118 Å². The average Bonchev–Trinajstić information content (AvgIpc) is 2.49. The first kappa shape index (κ1) is 12.8. The second-order valence-corrected chi connectivity index (χ2v) is 4.87. The van der Waals surface area contributed by atoms with Gasteiger partial charge in [-0.05, 0) is 30.7 Å². The number of pyridine rings is 2. The van der Waals surface area contributed by atoms with Gasteiger partial charge in [0.15, 0.2) is 0 Å². The van der Waals surface area contributed by atoms with Gasteiger partial charge in [-0.25, -0.2) is 0 Å². The Morgan fingerprint density at radius 3 is 2.75 bits per heavy atom. The van der Waals surface area contributed by atoms with Crippen LogP contribution in [0.5, 0.6) is 0 Å². The molecule has 100 valence electrons. The third kappa shape index (κ3) is 2.83. The molecule has 2 aromatic heterocycles. The molecular formula is C17H17N3. The zero-order valence-corrected chi connectivity index (χ0v) is 11.5. The van der Waals surface area contributed by atoms with Crippen LogP contribution < -0.4 is 5.32 Å². The van der Waals surface area contributed by atoms with Gasteiger partial charge in [-0.2, -0.15) is 0 Å². The van der Waals surface area contributed by atoms with Gasteiger partial charge in [0.05, 0.1) is 16.9 Å². The summed E-state index contributed by atoms with van der Waals surface area (Å²) >= 11 is 0. The van der Waals surface area contributed by atoms with E-state index < -0.39 is 0 Å². The van der Waals surface area contributed by atoms with E-state index >= 15 is 0 Å². The van der Waals surface area contributed by atoms with Crippen LogP contribution >= 0.6 is 0 Å². The topological polar surface area (TPSA) is 37.8 Å². The minimum Gasteiger partial charge on any atom is -0.305 e. The summed E-state index contributed by atoms with van der Waals surface area (Å²) in [6, 6.07) is 16.4. The number of benzene rings is 1. The number of nitrogens with zero attached hydrogens (tertiary/aromatic N) is 2. The maximum atomic E-state index is 4.65. The van der Waals surface area contributed by atoms with Crippen LogP contribution in [0.1, 0.15) is 17.0 Å². The summed E-state index contributed by atoms with van der Waals surface area (Å²) in [7, 11) is 0. The summed E-state index contributed by atoms with van der Waals surface area (Å²) in [6.45, 7) is 3.60. The third-order valence-electron chi connectivity index (χ3n) is 3.37. The molecule has 0 unspecified atom stereocenters. The van der Waals surface area contributed by atoms with Crippen LogP contribution in [0, 0.1) is 6.92 Å². The van der Waals surface area contributed by atoms with Crippen LogP contribution in [-0.2, 0) is 13.1 Å². The maximum Gasteiger partial charge on any atom is 0.0705 e. The smallest absolute Gasteiger partial charge is 0.0705 e. The number of hydrogen-bond donors (Lipinski definition) is 1. The number of para-hydroxylation sites is 1. The predicted molar refractivity (Wildman–Crippen MR) is 81.3 cm³/mol. The van der Waals surface area contributed by atoms with Gasteiger partial charge in [0.25, 0.3) is 0 Å². The molecule has 0 aliphatic carbocycles. The highest BCUT2D eigenvalue weighted by atomic mass is 14.9. The van der Waals surface area contributed by atoms with Crippen molar-refractivity contribution in [3.05, 3.63) is 71.7 Å². The van der Waals surface area contributed by atoms with E-state index in [9.17, 15) is 0 Å². The number of fused-ring (bicyclic) bond motifs is 1. The molecule has 0 saturated heterocycles. The van der Waals surface area contributed by atoms with Crippen molar-refractivity contribution < 1.29 is 0 Å². The fraction of sp³-hybridized carbons (Fsp3) is 0.176. The summed E-state index contributed by atoms with van der Waals surface area (Å²) in [6.07, 6.45) is 1.83. The highest BCUT2D eigenvalue weighted by molar-refractivity contribution is 5.78. The number of hydrogen-bond acceptors (Lipinski definition) is 3. The Balaban J connectivity index is 1.67. The molecule has 20 heavy (non-hydrogen) atoms. The molecule has 1 N–H and O–H groups in total. The molecule has 3 aromatic rings. The highest BCUT2D eigenvalue weighted by Crippen LogP contribution is 2.11. The Bertz CT molecular complexity index is 722. The van der Waals surface area contributed by atoms with Crippen LogP contribution in [0.2, 0.25) is 0 Å². The summed E-state index contributed by atoms with van der Waals surface area (Å²) in [5, 5.41) is 4.58. The second kappa shape index (κ2) is 5.80. The molecule has 3 rings (SSSR count). The first-order chi connectivity index (χ1) is 9.83. The van der Waals surface area contributed by atoms with Crippen molar-refractivity contribution in [1.82, 2.24) is 15.3 Å². The molecule has 1 aromatic carbocycles. The molecule has 0 bridgehead atoms. The molecule has 3 heteroatoms. The van der Waals surface area contributed by atoms with Gasteiger partial charge in [-0.15, -0.1) is 0 Å². The molecule has 0 spiro atoms. The molecular weight excluding hydrogens is 246 g/mol. The van der Waals surface area contributed by atoms with Crippen LogP contribution in [-0.4, -0.2) is 9.97 Å². The molecule has 2 heterocycles. The van der Waals surface area contributed by atoms with Crippen molar-refractivity contribution in [1.29, 1.82) is 0 Å². The van der Waals surface area contributed by atoms with Gasteiger partial charge >= 0.3 is 0 Å². The summed E-state index contributed by atoms with van der Waals surface area (Å²) in [5.74, 6) is 0. The molecule has 0 aliphatic rings. The number of aryl methyl sites for hydroxylation is 1. The average molecular weight is 263 g/mol. The highest BCUT2D eigenvalue weighted by Gasteiger charge is 2.00. The van der Waals surface area contributed by atoms with E-state index in [0.29, 0.717) is 0 Å². The van der Waals surface area contributed by atoms with Crippen molar-refractivity contribution in [2.24, 2.45) is 0 Å². The first-order valence-electron chi connectivity index (χ1n) is 6.79. The zero-order chi connectivity index (χ0) is 13.8. The van der Waals surface area contributed by atoms with Crippen LogP contribution in [0.15, 0.2) is 54.7 Å². The lowest BCUT2D eigenvalue weighted by molar-refractivity contribution is 0.666. The van der Waals surface area contributed by atoms with E-state index in [-0.39, 0.29) is 0 Å². The molecule has 3 nitrogen and oxygen atoms in total. The largest absolute Gasteiger partial charge is 0.305 e. The Morgan fingerprint density at radius 1 is 0.950 bits per heavy atom. The quantitative estimate of drug-likeness (QED) is 0.785. The Morgan fingerprint density at radius 2 is 1.85 bits per heavy atom. The summed E-state index contributed by atoms with van der Waals surface area (Å²) < 4.78 is 0. The van der Waals surface area contributed by atoms with Gasteiger partial charge in [0.2, 0.25) is 0 Å². The van der Waals surface area contributed by atoms with Gasteiger partial charge in [0.1, 0.15) is 0 Å². The van der Waals surface area contributed by atoms with Crippen LogP contribution in [0.25, 0.3) is 10.9 Å². The van der Waals surface area contributed by atoms with E-state index in [1.807, 2.05) is 30.5 Å². The van der Waals surface area contributed by atoms with Crippen molar-refractivity contribution >= 4 is 10.9 Å². The molecule has 0 saturated carbocycles. The molecule has 0 fully saturated rings. The van der Waals surface area contributed by atoms with E-state index in [2.05, 4.69) is 46.5 Å². The van der Waals surface area contributed by atoms with Gasteiger partial charge < -0.3 is 5.32 Å². The number of rotatable bonds is 4. The number of nitrogens with one attached hydrogen (secondary N) is 1. The normalized spacial score (nSPS) is 10.8. The van der Waals surface area contributed by atoms with E-state index in [0.717, 1.165) is 30.0 Å². The summed E-state index contributed by atoms with van der Waals surface area (Å²) in [5.41, 5.74) is 4.40. The maximum absolute atomic E-state index is 4.65. The minimum atomic E-state index is 0.751. The van der Waals surface area contributed by atoms with E-state index in [4.69, 9.17) is 0 Å². The van der Waals surface area contributed by atoms with Crippen LogP contribution in [0.3, 0.4) is 0 Å². The SMILES string of the molecule is Cc1cccnc1CNCc1ccc2ccccc2n1. The molecule has 0 radical (unpaired) electrons. The van der Waals surface area contributed by atoms with E-state index in [1.165, 1.54) is 10.9 Å². The molecule has 0 aliphatic heterocycles. The van der Waals surface area contributed by atoms with Gasteiger partial charge in [-0.3, -0.25) is 9.97 Å². The lowest BCUT2D eigenvalue weighted by Gasteiger charge is -2.07. The lowest BCUT2D eigenvalue weighted by atomic mass is 10.2. The standard InChI is InChI=1S/C17H17N3/c1-13-5-4-10-19-17(13)12-18-11-15-9-8-14-6-2-3-7-16(14)20-15/h2-10,18H,11-12H2,1H3. The first-order valence-corrected chi connectivity index (χ1v) is 6.79.